The number of rotatable bonds is 5. The molecule has 0 saturated carbocycles. The van der Waals surface area contributed by atoms with Crippen molar-refractivity contribution >= 4 is 11.8 Å². The van der Waals surface area contributed by atoms with Gasteiger partial charge in [-0.15, -0.1) is 0 Å². The Hall–Kier alpha value is -2.40. The second-order valence-electron chi connectivity index (χ2n) is 6.89. The Morgan fingerprint density at radius 1 is 1.20 bits per heavy atom. The molecule has 5 nitrogen and oxygen atoms in total. The summed E-state index contributed by atoms with van der Waals surface area (Å²) in [5, 5.41) is 9.02. The largest absolute Gasteiger partial charge is 0.478 e. The Bertz CT molecular complexity index is 777. The second kappa shape index (κ2) is 7.23. The number of hydrogen-bond donors (Lipinski definition) is 1. The van der Waals surface area contributed by atoms with E-state index >= 15 is 0 Å². The lowest BCUT2D eigenvalue weighted by Crippen LogP contribution is -2.34. The van der Waals surface area contributed by atoms with E-state index in [1.165, 1.54) is 5.56 Å². The van der Waals surface area contributed by atoms with Crippen molar-refractivity contribution in [2.45, 2.75) is 32.2 Å². The third-order valence-corrected chi connectivity index (χ3v) is 5.03. The van der Waals surface area contributed by atoms with E-state index in [1.54, 1.807) is 19.1 Å². The minimum Gasteiger partial charge on any atom is -0.478 e. The number of Topliss-reactive ketones (excluding diaryl/α,β-unsaturated/α-hetero) is 1. The molecule has 0 bridgehead atoms. The Morgan fingerprint density at radius 2 is 1.92 bits per heavy atom. The molecule has 1 aliphatic heterocycles. The average Bonchev–Trinajstić information content (AvgIpc) is 2.96. The number of carbonyl (C=O) groups is 2. The van der Waals surface area contributed by atoms with Gasteiger partial charge in [-0.05, 0) is 56.0 Å². The molecule has 1 N–H and O–H groups in total. The van der Waals surface area contributed by atoms with E-state index in [0.29, 0.717) is 11.5 Å². The summed E-state index contributed by atoms with van der Waals surface area (Å²) in [6, 6.07) is 9.23. The summed E-state index contributed by atoms with van der Waals surface area (Å²) < 4.78 is 2.03. The first kappa shape index (κ1) is 17.4. The highest BCUT2D eigenvalue weighted by Crippen LogP contribution is 2.28. The molecule has 132 valence electrons. The van der Waals surface area contributed by atoms with Crippen LogP contribution in [0.3, 0.4) is 0 Å². The van der Waals surface area contributed by atoms with Gasteiger partial charge in [0.25, 0.3) is 0 Å². The van der Waals surface area contributed by atoms with E-state index < -0.39 is 5.97 Å². The van der Waals surface area contributed by atoms with Crippen molar-refractivity contribution in [1.29, 1.82) is 0 Å². The number of aryl methyl sites for hydroxylation is 1. The second-order valence-corrected chi connectivity index (χ2v) is 6.89. The fraction of sp³-hybridized carbons (Fsp3) is 0.400. The van der Waals surface area contributed by atoms with Crippen molar-refractivity contribution in [3.8, 4) is 0 Å². The average molecular weight is 340 g/mol. The molecule has 5 heteroatoms. The molecule has 25 heavy (non-hydrogen) atoms. The number of nitrogens with zero attached hydrogens (tertiary/aromatic N) is 2. The van der Waals surface area contributed by atoms with Crippen molar-refractivity contribution in [3.05, 3.63) is 58.9 Å². The molecular formula is C20H24N2O3. The number of ketones is 1. The standard InChI is InChI=1S/C20H24N2O3/c1-14(23)18-10-19(21(2)11-18)13-22-9-3-4-17(12-22)15-5-7-16(8-6-15)20(24)25/h5-8,10-11,17H,3-4,9,12-13H2,1-2H3,(H,24,25)/t17-/m0/s1. The molecule has 1 atom stereocenters. The van der Waals surface area contributed by atoms with Gasteiger partial charge in [-0.1, -0.05) is 12.1 Å². The van der Waals surface area contributed by atoms with Crippen LogP contribution in [-0.4, -0.2) is 39.4 Å². The van der Waals surface area contributed by atoms with Gasteiger partial charge in [-0.25, -0.2) is 4.79 Å². The van der Waals surface area contributed by atoms with Crippen molar-refractivity contribution in [3.63, 3.8) is 0 Å². The number of carbonyl (C=O) groups excluding carboxylic acids is 1. The van der Waals surface area contributed by atoms with Gasteiger partial charge < -0.3 is 9.67 Å². The van der Waals surface area contributed by atoms with Gasteiger partial charge in [0, 0.05) is 37.6 Å². The molecule has 0 aliphatic carbocycles. The van der Waals surface area contributed by atoms with Crippen LogP contribution in [0.2, 0.25) is 0 Å². The molecule has 1 fully saturated rings. The Labute approximate surface area is 147 Å². The lowest BCUT2D eigenvalue weighted by Gasteiger charge is -2.33. The number of hydrogen-bond acceptors (Lipinski definition) is 3. The zero-order valence-electron chi connectivity index (χ0n) is 14.7. The number of piperidine rings is 1. The van der Waals surface area contributed by atoms with E-state index in [4.69, 9.17) is 5.11 Å². The minimum absolute atomic E-state index is 0.0943. The Kier molecular flexibility index (Phi) is 5.04. The van der Waals surface area contributed by atoms with Gasteiger partial charge >= 0.3 is 5.97 Å². The van der Waals surface area contributed by atoms with Crippen LogP contribution >= 0.6 is 0 Å². The lowest BCUT2D eigenvalue weighted by atomic mass is 9.90. The van der Waals surface area contributed by atoms with Crippen LogP contribution in [-0.2, 0) is 13.6 Å². The molecule has 0 amide bonds. The highest BCUT2D eigenvalue weighted by Gasteiger charge is 2.22. The number of carboxylic acid groups (broad SMARTS) is 1. The molecule has 1 saturated heterocycles. The molecule has 1 aromatic heterocycles. The van der Waals surface area contributed by atoms with Gasteiger partial charge in [-0.2, -0.15) is 0 Å². The van der Waals surface area contributed by atoms with E-state index in [0.717, 1.165) is 43.7 Å². The number of likely N-dealkylation sites (tertiary alicyclic amines) is 1. The number of benzene rings is 1. The highest BCUT2D eigenvalue weighted by molar-refractivity contribution is 5.94. The molecular weight excluding hydrogens is 316 g/mol. The summed E-state index contributed by atoms with van der Waals surface area (Å²) in [4.78, 5) is 25.0. The quantitative estimate of drug-likeness (QED) is 0.848. The third kappa shape index (κ3) is 3.99. The van der Waals surface area contributed by atoms with E-state index in [2.05, 4.69) is 4.90 Å². The van der Waals surface area contributed by atoms with Crippen LogP contribution < -0.4 is 0 Å². The van der Waals surface area contributed by atoms with E-state index in [9.17, 15) is 9.59 Å². The summed E-state index contributed by atoms with van der Waals surface area (Å²) in [6.45, 7) is 4.42. The normalized spacial score (nSPS) is 18.2. The van der Waals surface area contributed by atoms with Gasteiger partial charge in [0.05, 0.1) is 5.56 Å². The lowest BCUT2D eigenvalue weighted by molar-refractivity contribution is 0.0696. The van der Waals surface area contributed by atoms with Crippen LogP contribution in [0.4, 0.5) is 0 Å². The summed E-state index contributed by atoms with van der Waals surface area (Å²) in [6.07, 6.45) is 4.13. The molecule has 0 unspecified atom stereocenters. The maximum absolute atomic E-state index is 11.5. The molecule has 0 radical (unpaired) electrons. The first-order valence-corrected chi connectivity index (χ1v) is 8.66. The zero-order chi connectivity index (χ0) is 18.0. The fourth-order valence-electron chi connectivity index (χ4n) is 3.56. The Morgan fingerprint density at radius 3 is 2.52 bits per heavy atom. The fourth-order valence-corrected chi connectivity index (χ4v) is 3.56. The minimum atomic E-state index is -0.887. The topological polar surface area (TPSA) is 62.5 Å². The molecule has 2 heterocycles. The molecule has 1 aromatic carbocycles. The van der Waals surface area contributed by atoms with Crippen LogP contribution in [0, 0.1) is 0 Å². The van der Waals surface area contributed by atoms with E-state index in [-0.39, 0.29) is 5.78 Å². The van der Waals surface area contributed by atoms with Crippen molar-refractivity contribution in [1.82, 2.24) is 9.47 Å². The molecule has 0 spiro atoms. The Balaban J connectivity index is 1.68. The first-order valence-electron chi connectivity index (χ1n) is 8.66. The van der Waals surface area contributed by atoms with Crippen LogP contribution in [0.25, 0.3) is 0 Å². The van der Waals surface area contributed by atoms with Crippen LogP contribution in [0.1, 0.15) is 57.7 Å². The molecule has 2 aromatic rings. The van der Waals surface area contributed by atoms with Crippen molar-refractivity contribution < 1.29 is 14.7 Å². The first-order chi connectivity index (χ1) is 11.9. The summed E-state index contributed by atoms with van der Waals surface area (Å²) in [5.74, 6) is -0.372. The molecule has 3 rings (SSSR count). The maximum Gasteiger partial charge on any atom is 0.335 e. The summed E-state index contributed by atoms with van der Waals surface area (Å²) >= 11 is 0. The van der Waals surface area contributed by atoms with Gasteiger partial charge in [0.1, 0.15) is 0 Å². The van der Waals surface area contributed by atoms with Crippen LogP contribution in [0.15, 0.2) is 36.5 Å². The maximum atomic E-state index is 11.5. The number of aromatic nitrogens is 1. The summed E-state index contributed by atoms with van der Waals surface area (Å²) in [7, 11) is 1.98. The van der Waals surface area contributed by atoms with Crippen LogP contribution in [0.5, 0.6) is 0 Å². The smallest absolute Gasteiger partial charge is 0.335 e. The third-order valence-electron chi connectivity index (χ3n) is 5.03. The van der Waals surface area contributed by atoms with Gasteiger partial charge in [0.2, 0.25) is 0 Å². The SMILES string of the molecule is CC(=O)c1cc(CN2CCC[C@H](c3ccc(C(=O)O)cc3)C2)n(C)c1. The monoisotopic (exact) mass is 340 g/mol. The van der Waals surface area contributed by atoms with E-state index in [1.807, 2.05) is 36.0 Å². The van der Waals surface area contributed by atoms with Gasteiger partial charge in [0.15, 0.2) is 5.78 Å². The van der Waals surface area contributed by atoms with Gasteiger partial charge in [-0.3, -0.25) is 9.69 Å². The predicted octanol–water partition coefficient (Wildman–Crippen LogP) is 3.31. The molecule has 1 aliphatic rings. The summed E-state index contributed by atoms with van der Waals surface area (Å²) in [5.41, 5.74) is 3.44. The number of aromatic carboxylic acids is 1. The number of carboxylic acids is 1. The van der Waals surface area contributed by atoms with Crippen molar-refractivity contribution in [2.75, 3.05) is 13.1 Å². The highest BCUT2D eigenvalue weighted by atomic mass is 16.4. The zero-order valence-corrected chi connectivity index (χ0v) is 14.7. The van der Waals surface area contributed by atoms with Crippen molar-refractivity contribution in [2.24, 2.45) is 7.05 Å². The predicted molar refractivity (Wildman–Crippen MR) is 96.1 cm³/mol.